The molecular weight excluding hydrogens is 332 g/mol. The Balaban J connectivity index is 2.05. The molecule has 0 aliphatic heterocycles. The van der Waals surface area contributed by atoms with Crippen molar-refractivity contribution in [2.75, 3.05) is 11.1 Å². The first-order chi connectivity index (χ1) is 11.3. The Morgan fingerprint density at radius 1 is 1.17 bits per heavy atom. The first-order valence-corrected chi connectivity index (χ1v) is 8.83. The van der Waals surface area contributed by atoms with Gasteiger partial charge in [-0.05, 0) is 23.8 Å². The number of carbonyl (C=O) groups excluding carboxylic acids is 1. The molecule has 2 rings (SSSR count). The Labute approximate surface area is 139 Å². The molecule has 7 nitrogen and oxygen atoms in total. The Bertz CT molecular complexity index is 860. The van der Waals surface area contributed by atoms with E-state index in [0.717, 1.165) is 0 Å². The maximum Gasteiger partial charge on any atom is 0.271 e. The van der Waals surface area contributed by atoms with Gasteiger partial charge in [-0.1, -0.05) is 25.1 Å². The van der Waals surface area contributed by atoms with E-state index >= 15 is 0 Å². The lowest BCUT2D eigenvalue weighted by Gasteiger charge is -2.06. The summed E-state index contributed by atoms with van der Waals surface area (Å²) in [5.41, 5.74) is 0.870. The smallest absolute Gasteiger partial charge is 0.271 e. The summed E-state index contributed by atoms with van der Waals surface area (Å²) in [6, 6.07) is 11.7. The minimum Gasteiger partial charge on any atom is -0.326 e. The van der Waals surface area contributed by atoms with Crippen molar-refractivity contribution in [1.29, 1.82) is 0 Å². The third-order valence-electron chi connectivity index (χ3n) is 3.37. The summed E-state index contributed by atoms with van der Waals surface area (Å²) in [6.07, 6.45) is 0.0368. The number of carbonyl (C=O) groups is 1. The molecule has 0 aromatic heterocycles. The largest absolute Gasteiger partial charge is 0.326 e. The molecule has 0 radical (unpaired) electrons. The molecule has 0 saturated carbocycles. The van der Waals surface area contributed by atoms with E-state index in [0.29, 0.717) is 11.3 Å². The number of amides is 1. The van der Waals surface area contributed by atoms with Crippen LogP contribution in [0.1, 0.15) is 12.5 Å². The highest BCUT2D eigenvalue weighted by molar-refractivity contribution is 7.91. The maximum absolute atomic E-state index is 12.0. The van der Waals surface area contributed by atoms with Gasteiger partial charge in [0.05, 0.1) is 22.0 Å². The molecular formula is C16H16N2O5S. The van der Waals surface area contributed by atoms with Gasteiger partial charge in [-0.2, -0.15) is 0 Å². The Morgan fingerprint density at radius 2 is 1.83 bits per heavy atom. The predicted octanol–water partition coefficient (Wildman–Crippen LogP) is 2.57. The van der Waals surface area contributed by atoms with Gasteiger partial charge in [0.25, 0.3) is 5.69 Å². The first-order valence-electron chi connectivity index (χ1n) is 7.18. The zero-order valence-electron chi connectivity index (χ0n) is 12.9. The number of sulfone groups is 1. The van der Waals surface area contributed by atoms with Gasteiger partial charge in [0.15, 0.2) is 9.84 Å². The highest BCUT2D eigenvalue weighted by Gasteiger charge is 2.12. The number of hydrogen-bond acceptors (Lipinski definition) is 5. The van der Waals surface area contributed by atoms with Crippen LogP contribution in [-0.4, -0.2) is 25.0 Å². The van der Waals surface area contributed by atoms with Crippen LogP contribution < -0.4 is 5.32 Å². The van der Waals surface area contributed by atoms with Crippen LogP contribution in [0.4, 0.5) is 11.4 Å². The second-order valence-corrected chi connectivity index (χ2v) is 7.36. The van der Waals surface area contributed by atoms with E-state index in [1.165, 1.54) is 30.3 Å². The molecule has 24 heavy (non-hydrogen) atoms. The van der Waals surface area contributed by atoms with Crippen molar-refractivity contribution in [2.45, 2.75) is 18.2 Å². The molecule has 1 amide bonds. The van der Waals surface area contributed by atoms with Gasteiger partial charge in [-0.25, -0.2) is 8.42 Å². The van der Waals surface area contributed by atoms with Gasteiger partial charge in [0, 0.05) is 17.8 Å². The molecule has 0 bridgehead atoms. The molecule has 0 spiro atoms. The van der Waals surface area contributed by atoms with E-state index in [4.69, 9.17) is 0 Å². The van der Waals surface area contributed by atoms with Crippen LogP contribution in [0.2, 0.25) is 0 Å². The van der Waals surface area contributed by atoms with Crippen molar-refractivity contribution in [3.8, 4) is 0 Å². The fourth-order valence-electron chi connectivity index (χ4n) is 2.07. The van der Waals surface area contributed by atoms with Crippen molar-refractivity contribution >= 4 is 27.1 Å². The lowest BCUT2D eigenvalue weighted by molar-refractivity contribution is -0.384. The van der Waals surface area contributed by atoms with Crippen molar-refractivity contribution in [1.82, 2.24) is 0 Å². The normalized spacial score (nSPS) is 11.0. The average molecular weight is 348 g/mol. The van der Waals surface area contributed by atoms with Crippen molar-refractivity contribution in [2.24, 2.45) is 0 Å². The molecule has 0 heterocycles. The highest BCUT2D eigenvalue weighted by atomic mass is 32.2. The fourth-order valence-corrected chi connectivity index (χ4v) is 2.95. The minimum atomic E-state index is -3.27. The molecule has 1 N–H and O–H groups in total. The van der Waals surface area contributed by atoms with Crippen LogP contribution in [0.5, 0.6) is 0 Å². The third kappa shape index (κ3) is 4.39. The van der Waals surface area contributed by atoms with Crippen molar-refractivity contribution in [3.05, 3.63) is 64.2 Å². The SMILES string of the molecule is CCS(=O)(=O)c1ccc(CC(=O)Nc2cccc([N+](=O)[O-])c2)cc1. The Morgan fingerprint density at radius 3 is 2.42 bits per heavy atom. The van der Waals surface area contributed by atoms with E-state index in [9.17, 15) is 23.3 Å². The van der Waals surface area contributed by atoms with E-state index in [1.54, 1.807) is 25.1 Å². The fraction of sp³-hybridized carbons (Fsp3) is 0.188. The number of nitrogens with zero attached hydrogens (tertiary/aromatic N) is 1. The molecule has 0 fully saturated rings. The maximum atomic E-state index is 12.0. The average Bonchev–Trinajstić information content (AvgIpc) is 2.55. The summed E-state index contributed by atoms with van der Waals surface area (Å²) in [6.45, 7) is 1.57. The lowest BCUT2D eigenvalue weighted by atomic mass is 10.1. The lowest BCUT2D eigenvalue weighted by Crippen LogP contribution is -2.14. The predicted molar refractivity (Wildman–Crippen MR) is 89.6 cm³/mol. The van der Waals surface area contributed by atoms with Gasteiger partial charge in [-0.3, -0.25) is 14.9 Å². The molecule has 2 aromatic carbocycles. The second-order valence-electron chi connectivity index (χ2n) is 5.08. The molecule has 126 valence electrons. The van der Waals surface area contributed by atoms with E-state index in [2.05, 4.69) is 5.32 Å². The van der Waals surface area contributed by atoms with Crippen LogP contribution in [0.25, 0.3) is 0 Å². The minimum absolute atomic E-state index is 0.0135. The number of nitro groups is 1. The van der Waals surface area contributed by atoms with Gasteiger partial charge in [-0.15, -0.1) is 0 Å². The number of nitro benzene ring substituents is 1. The van der Waals surface area contributed by atoms with Gasteiger partial charge < -0.3 is 5.32 Å². The summed E-state index contributed by atoms with van der Waals surface area (Å²) < 4.78 is 23.5. The monoisotopic (exact) mass is 348 g/mol. The summed E-state index contributed by atoms with van der Waals surface area (Å²) in [7, 11) is -3.27. The molecule has 2 aromatic rings. The zero-order chi connectivity index (χ0) is 17.7. The summed E-state index contributed by atoms with van der Waals surface area (Å²) >= 11 is 0. The quantitative estimate of drug-likeness (QED) is 0.638. The number of non-ortho nitro benzene ring substituents is 1. The number of rotatable bonds is 6. The van der Waals surface area contributed by atoms with E-state index < -0.39 is 14.8 Å². The van der Waals surface area contributed by atoms with Crippen LogP contribution in [0.3, 0.4) is 0 Å². The summed E-state index contributed by atoms with van der Waals surface area (Å²) in [4.78, 5) is 22.4. The van der Waals surface area contributed by atoms with Crippen LogP contribution in [0.15, 0.2) is 53.4 Å². The molecule has 0 aliphatic rings. The molecule has 8 heteroatoms. The standard InChI is InChI=1S/C16H16N2O5S/c1-2-24(22,23)15-8-6-12(7-9-15)10-16(19)17-13-4-3-5-14(11-13)18(20)21/h3-9,11H,2,10H2,1H3,(H,17,19). The number of benzene rings is 2. The number of nitrogens with one attached hydrogen (secondary N) is 1. The topological polar surface area (TPSA) is 106 Å². The Hall–Kier alpha value is -2.74. The molecule has 0 atom stereocenters. The third-order valence-corrected chi connectivity index (χ3v) is 5.12. The number of hydrogen-bond donors (Lipinski definition) is 1. The van der Waals surface area contributed by atoms with Crippen LogP contribution in [0, 0.1) is 10.1 Å². The molecule has 0 aliphatic carbocycles. The van der Waals surface area contributed by atoms with Crippen molar-refractivity contribution in [3.63, 3.8) is 0 Å². The van der Waals surface area contributed by atoms with Crippen LogP contribution >= 0.6 is 0 Å². The van der Waals surface area contributed by atoms with Crippen molar-refractivity contribution < 1.29 is 18.1 Å². The van der Waals surface area contributed by atoms with Gasteiger partial charge in [0.2, 0.25) is 5.91 Å². The molecule has 0 saturated heterocycles. The molecule has 0 unspecified atom stereocenters. The highest BCUT2D eigenvalue weighted by Crippen LogP contribution is 2.18. The Kier molecular flexibility index (Phi) is 5.30. The van der Waals surface area contributed by atoms with E-state index in [-0.39, 0.29) is 28.7 Å². The summed E-state index contributed by atoms with van der Waals surface area (Å²) in [5.74, 6) is -0.332. The second kappa shape index (κ2) is 7.22. The number of anilines is 1. The van der Waals surface area contributed by atoms with Gasteiger partial charge in [0.1, 0.15) is 0 Å². The first kappa shape index (κ1) is 17.6. The van der Waals surface area contributed by atoms with E-state index in [1.807, 2.05) is 0 Å². The summed E-state index contributed by atoms with van der Waals surface area (Å²) in [5, 5.41) is 13.3. The van der Waals surface area contributed by atoms with Gasteiger partial charge >= 0.3 is 0 Å². The van der Waals surface area contributed by atoms with Crippen LogP contribution in [-0.2, 0) is 21.1 Å². The zero-order valence-corrected chi connectivity index (χ0v) is 13.7.